The SMILES string of the molecule is CC(=O)c1ccc(OCCCC(=O)NC2CCNC2)cc1. The van der Waals surface area contributed by atoms with E-state index in [9.17, 15) is 9.59 Å². The summed E-state index contributed by atoms with van der Waals surface area (Å²) in [6.07, 6.45) is 2.16. The van der Waals surface area contributed by atoms with Crippen LogP contribution in [0.5, 0.6) is 5.75 Å². The summed E-state index contributed by atoms with van der Waals surface area (Å²) in [5.74, 6) is 0.847. The van der Waals surface area contributed by atoms with Crippen LogP contribution in [0.1, 0.15) is 36.5 Å². The van der Waals surface area contributed by atoms with Gasteiger partial charge >= 0.3 is 0 Å². The average molecular weight is 290 g/mol. The van der Waals surface area contributed by atoms with Gasteiger partial charge in [0.2, 0.25) is 5.91 Å². The summed E-state index contributed by atoms with van der Waals surface area (Å²) >= 11 is 0. The summed E-state index contributed by atoms with van der Waals surface area (Å²) in [6, 6.07) is 7.33. The van der Waals surface area contributed by atoms with Crippen molar-refractivity contribution in [3.8, 4) is 5.75 Å². The molecule has 21 heavy (non-hydrogen) atoms. The number of benzene rings is 1. The zero-order valence-corrected chi connectivity index (χ0v) is 12.4. The van der Waals surface area contributed by atoms with Crippen molar-refractivity contribution in [3.63, 3.8) is 0 Å². The third-order valence-electron chi connectivity index (χ3n) is 3.50. The second kappa shape index (κ2) is 7.78. The topological polar surface area (TPSA) is 67.4 Å². The van der Waals surface area contributed by atoms with Gasteiger partial charge in [-0.15, -0.1) is 0 Å². The Morgan fingerprint density at radius 3 is 2.71 bits per heavy atom. The predicted molar refractivity (Wildman–Crippen MR) is 80.6 cm³/mol. The van der Waals surface area contributed by atoms with Crippen LogP contribution in [0.4, 0.5) is 0 Å². The number of ether oxygens (including phenoxy) is 1. The molecule has 0 aliphatic carbocycles. The average Bonchev–Trinajstić information content (AvgIpc) is 2.97. The monoisotopic (exact) mass is 290 g/mol. The Morgan fingerprint density at radius 1 is 1.33 bits per heavy atom. The molecule has 1 aromatic carbocycles. The van der Waals surface area contributed by atoms with Crippen molar-refractivity contribution in [2.24, 2.45) is 0 Å². The van der Waals surface area contributed by atoms with E-state index in [1.54, 1.807) is 24.3 Å². The Balaban J connectivity index is 1.62. The lowest BCUT2D eigenvalue weighted by Crippen LogP contribution is -2.36. The maximum Gasteiger partial charge on any atom is 0.220 e. The minimum absolute atomic E-state index is 0.0413. The van der Waals surface area contributed by atoms with Crippen LogP contribution in [0, 0.1) is 0 Å². The van der Waals surface area contributed by atoms with E-state index in [0.29, 0.717) is 25.0 Å². The van der Waals surface area contributed by atoms with Crippen molar-refractivity contribution < 1.29 is 14.3 Å². The predicted octanol–water partition coefficient (Wildman–Crippen LogP) is 1.53. The quantitative estimate of drug-likeness (QED) is 0.590. The number of hydrogen-bond acceptors (Lipinski definition) is 4. The summed E-state index contributed by atoms with van der Waals surface area (Å²) in [6.45, 7) is 3.87. The number of nitrogens with one attached hydrogen (secondary N) is 2. The molecule has 1 atom stereocenters. The number of rotatable bonds is 7. The standard InChI is InChI=1S/C16H22N2O3/c1-12(19)13-4-6-15(7-5-13)21-10-2-3-16(20)18-14-8-9-17-11-14/h4-7,14,17H,2-3,8-11H2,1H3,(H,18,20). The largest absolute Gasteiger partial charge is 0.494 e. The van der Waals surface area contributed by atoms with Gasteiger partial charge in [-0.25, -0.2) is 0 Å². The third kappa shape index (κ3) is 5.19. The number of ketones is 1. The molecule has 5 nitrogen and oxygen atoms in total. The van der Waals surface area contributed by atoms with Gasteiger partial charge in [0.05, 0.1) is 6.61 Å². The molecule has 2 N–H and O–H groups in total. The fourth-order valence-corrected chi connectivity index (χ4v) is 2.29. The van der Waals surface area contributed by atoms with Crippen LogP contribution in [0.2, 0.25) is 0 Å². The molecule has 2 rings (SSSR count). The van der Waals surface area contributed by atoms with E-state index in [0.717, 1.165) is 25.3 Å². The number of carbonyl (C=O) groups is 2. The van der Waals surface area contributed by atoms with Crippen molar-refractivity contribution >= 4 is 11.7 Å². The highest BCUT2D eigenvalue weighted by Crippen LogP contribution is 2.13. The van der Waals surface area contributed by atoms with E-state index >= 15 is 0 Å². The number of carbonyl (C=O) groups excluding carboxylic acids is 2. The van der Waals surface area contributed by atoms with Crippen LogP contribution >= 0.6 is 0 Å². The summed E-state index contributed by atoms with van der Waals surface area (Å²) in [7, 11) is 0. The van der Waals surface area contributed by atoms with E-state index < -0.39 is 0 Å². The molecule has 1 aliphatic heterocycles. The Hall–Kier alpha value is -1.88. The smallest absolute Gasteiger partial charge is 0.220 e. The second-order valence-electron chi connectivity index (χ2n) is 5.29. The highest BCUT2D eigenvalue weighted by Gasteiger charge is 2.16. The van der Waals surface area contributed by atoms with E-state index in [-0.39, 0.29) is 17.7 Å². The lowest BCUT2D eigenvalue weighted by molar-refractivity contribution is -0.121. The van der Waals surface area contributed by atoms with E-state index in [1.807, 2.05) is 0 Å². The zero-order valence-electron chi connectivity index (χ0n) is 12.4. The molecular formula is C16H22N2O3. The number of hydrogen-bond donors (Lipinski definition) is 2. The van der Waals surface area contributed by atoms with Crippen LogP contribution in [0.3, 0.4) is 0 Å². The summed E-state index contributed by atoms with van der Waals surface area (Å²) in [5.41, 5.74) is 0.673. The molecular weight excluding hydrogens is 268 g/mol. The molecule has 0 saturated carbocycles. The summed E-state index contributed by atoms with van der Waals surface area (Å²) in [5, 5.41) is 6.22. The van der Waals surface area contributed by atoms with Crippen molar-refractivity contribution in [1.29, 1.82) is 0 Å². The first kappa shape index (κ1) is 15.5. The molecule has 1 aliphatic rings. The summed E-state index contributed by atoms with van der Waals surface area (Å²) < 4.78 is 5.56. The van der Waals surface area contributed by atoms with Crippen molar-refractivity contribution in [3.05, 3.63) is 29.8 Å². The highest BCUT2D eigenvalue weighted by atomic mass is 16.5. The van der Waals surface area contributed by atoms with Crippen molar-refractivity contribution in [1.82, 2.24) is 10.6 Å². The molecule has 0 spiro atoms. The molecule has 1 fully saturated rings. The first-order valence-electron chi connectivity index (χ1n) is 7.39. The molecule has 1 amide bonds. The molecule has 1 unspecified atom stereocenters. The van der Waals surface area contributed by atoms with Gasteiger partial charge in [-0.1, -0.05) is 0 Å². The molecule has 0 radical (unpaired) electrons. The molecule has 1 saturated heterocycles. The molecule has 1 aromatic rings. The van der Waals surface area contributed by atoms with Gasteiger partial charge in [0, 0.05) is 24.6 Å². The summed E-state index contributed by atoms with van der Waals surface area (Å²) in [4.78, 5) is 22.8. The number of amides is 1. The third-order valence-corrected chi connectivity index (χ3v) is 3.50. The van der Waals surface area contributed by atoms with Gasteiger partial charge in [0.1, 0.15) is 5.75 Å². The van der Waals surface area contributed by atoms with E-state index in [1.165, 1.54) is 6.92 Å². The second-order valence-corrected chi connectivity index (χ2v) is 5.29. The zero-order chi connectivity index (χ0) is 15.1. The Morgan fingerprint density at radius 2 is 2.10 bits per heavy atom. The van der Waals surface area contributed by atoms with Crippen LogP contribution < -0.4 is 15.4 Å². The fourth-order valence-electron chi connectivity index (χ4n) is 2.29. The van der Waals surface area contributed by atoms with E-state index in [2.05, 4.69) is 10.6 Å². The Bertz CT molecular complexity index is 479. The van der Waals surface area contributed by atoms with Gasteiger partial charge in [0.25, 0.3) is 0 Å². The first-order valence-corrected chi connectivity index (χ1v) is 7.39. The number of Topliss-reactive ketones (excluding diaryl/α,β-unsaturated/α-hetero) is 1. The lowest BCUT2D eigenvalue weighted by Gasteiger charge is -2.11. The van der Waals surface area contributed by atoms with Gasteiger partial charge in [-0.3, -0.25) is 9.59 Å². The van der Waals surface area contributed by atoms with Crippen LogP contribution in [0.15, 0.2) is 24.3 Å². The first-order chi connectivity index (χ1) is 10.1. The van der Waals surface area contributed by atoms with Crippen LogP contribution in [-0.2, 0) is 4.79 Å². The van der Waals surface area contributed by atoms with Crippen molar-refractivity contribution in [2.45, 2.75) is 32.2 Å². The maximum atomic E-state index is 11.7. The van der Waals surface area contributed by atoms with Gasteiger partial charge in [0.15, 0.2) is 5.78 Å². The molecule has 1 heterocycles. The van der Waals surface area contributed by atoms with E-state index in [4.69, 9.17) is 4.74 Å². The molecule has 0 bridgehead atoms. The van der Waals surface area contributed by atoms with Gasteiger partial charge in [-0.2, -0.15) is 0 Å². The van der Waals surface area contributed by atoms with Gasteiger partial charge < -0.3 is 15.4 Å². The minimum atomic E-state index is 0.0413. The van der Waals surface area contributed by atoms with Crippen LogP contribution in [0.25, 0.3) is 0 Å². The maximum absolute atomic E-state index is 11.7. The fraction of sp³-hybridized carbons (Fsp3) is 0.500. The molecule has 0 aromatic heterocycles. The minimum Gasteiger partial charge on any atom is -0.494 e. The highest BCUT2D eigenvalue weighted by molar-refractivity contribution is 5.94. The lowest BCUT2D eigenvalue weighted by atomic mass is 10.1. The Kier molecular flexibility index (Phi) is 5.75. The van der Waals surface area contributed by atoms with Gasteiger partial charge in [-0.05, 0) is 50.6 Å². The molecule has 5 heteroatoms. The van der Waals surface area contributed by atoms with Crippen molar-refractivity contribution in [2.75, 3.05) is 19.7 Å². The normalized spacial score (nSPS) is 17.5. The Labute approximate surface area is 125 Å². The van der Waals surface area contributed by atoms with Crippen LogP contribution in [-0.4, -0.2) is 37.4 Å². The molecule has 114 valence electrons.